The molecule has 4 rings (SSSR count). The Morgan fingerprint density at radius 3 is 2.77 bits per heavy atom. The Kier molecular flexibility index (Phi) is 4.31. The van der Waals surface area contributed by atoms with Gasteiger partial charge in [0.1, 0.15) is 0 Å². The monoisotopic (exact) mass is 347 g/mol. The lowest BCUT2D eigenvalue weighted by Crippen LogP contribution is -2.30. The molecule has 130 valence electrons. The van der Waals surface area contributed by atoms with E-state index in [1.165, 1.54) is 0 Å². The van der Waals surface area contributed by atoms with Crippen LogP contribution in [0.25, 0.3) is 22.2 Å². The van der Waals surface area contributed by atoms with Gasteiger partial charge >= 0.3 is 5.97 Å². The maximum Gasteiger partial charge on any atom is 0.339 e. The maximum absolute atomic E-state index is 12.6. The number of carbonyl (C=O) groups is 2. The van der Waals surface area contributed by atoms with Crippen LogP contribution in [-0.2, 0) is 9.53 Å². The molecular weight excluding hydrogens is 330 g/mol. The highest BCUT2D eigenvalue weighted by Crippen LogP contribution is 2.25. The lowest BCUT2D eigenvalue weighted by Gasteiger charge is -2.10. The van der Waals surface area contributed by atoms with E-state index in [1.807, 2.05) is 36.4 Å². The summed E-state index contributed by atoms with van der Waals surface area (Å²) in [7, 11) is 0. The molecule has 1 saturated carbocycles. The average molecular weight is 347 g/mol. The van der Waals surface area contributed by atoms with Crippen molar-refractivity contribution >= 4 is 22.8 Å². The standard InChI is InChI=1S/C20H17N3O3/c24-19(22-14-7-8-14)12-26-20(25)16-10-18(13-4-3-9-21-11-13)23-17-6-2-1-5-15(16)17/h1-6,9-11,14H,7-8,12H2,(H,22,24). The summed E-state index contributed by atoms with van der Waals surface area (Å²) in [4.78, 5) is 33.1. The lowest BCUT2D eigenvalue weighted by atomic mass is 10.1. The predicted octanol–water partition coefficient (Wildman–Crippen LogP) is 2.73. The number of amides is 1. The number of hydrogen-bond acceptors (Lipinski definition) is 5. The zero-order chi connectivity index (χ0) is 17.9. The van der Waals surface area contributed by atoms with Gasteiger partial charge in [0.2, 0.25) is 0 Å². The van der Waals surface area contributed by atoms with Crippen molar-refractivity contribution in [2.75, 3.05) is 6.61 Å². The van der Waals surface area contributed by atoms with Crippen molar-refractivity contribution < 1.29 is 14.3 Å². The van der Waals surface area contributed by atoms with Crippen molar-refractivity contribution in [3.8, 4) is 11.3 Å². The number of carbonyl (C=O) groups excluding carboxylic acids is 2. The maximum atomic E-state index is 12.6. The first kappa shape index (κ1) is 16.2. The Labute approximate surface area is 150 Å². The van der Waals surface area contributed by atoms with E-state index in [1.54, 1.807) is 18.5 Å². The van der Waals surface area contributed by atoms with Crippen LogP contribution in [0.3, 0.4) is 0 Å². The minimum absolute atomic E-state index is 0.236. The van der Waals surface area contributed by atoms with Crippen LogP contribution in [0.4, 0.5) is 0 Å². The number of para-hydroxylation sites is 1. The van der Waals surface area contributed by atoms with Crippen LogP contribution in [0.2, 0.25) is 0 Å². The van der Waals surface area contributed by atoms with Crippen molar-refractivity contribution in [3.63, 3.8) is 0 Å². The van der Waals surface area contributed by atoms with Gasteiger partial charge in [-0.3, -0.25) is 9.78 Å². The van der Waals surface area contributed by atoms with Gasteiger partial charge in [-0.05, 0) is 37.1 Å². The van der Waals surface area contributed by atoms with Gasteiger partial charge in [0.15, 0.2) is 6.61 Å². The Morgan fingerprint density at radius 1 is 1.15 bits per heavy atom. The van der Waals surface area contributed by atoms with E-state index >= 15 is 0 Å². The summed E-state index contributed by atoms with van der Waals surface area (Å²) in [6, 6.07) is 13.0. The summed E-state index contributed by atoms with van der Waals surface area (Å²) < 4.78 is 5.22. The number of aromatic nitrogens is 2. The fourth-order valence-electron chi connectivity index (χ4n) is 2.71. The highest BCUT2D eigenvalue weighted by atomic mass is 16.5. The van der Waals surface area contributed by atoms with Crippen LogP contribution in [0, 0.1) is 0 Å². The number of nitrogens with zero attached hydrogens (tertiary/aromatic N) is 2. The molecular formula is C20H17N3O3. The highest BCUT2D eigenvalue weighted by molar-refractivity contribution is 6.05. The van der Waals surface area contributed by atoms with E-state index in [0.29, 0.717) is 22.2 Å². The van der Waals surface area contributed by atoms with Crippen molar-refractivity contribution in [3.05, 3.63) is 60.4 Å². The van der Waals surface area contributed by atoms with Gasteiger partial charge in [0.25, 0.3) is 5.91 Å². The number of esters is 1. The predicted molar refractivity (Wildman–Crippen MR) is 96.4 cm³/mol. The molecule has 0 atom stereocenters. The Morgan fingerprint density at radius 2 is 2.00 bits per heavy atom. The molecule has 0 radical (unpaired) electrons. The second kappa shape index (κ2) is 6.92. The molecule has 1 aromatic carbocycles. The summed E-state index contributed by atoms with van der Waals surface area (Å²) in [5.41, 5.74) is 2.50. The quantitative estimate of drug-likeness (QED) is 0.718. The SMILES string of the molecule is O=C(COC(=O)c1cc(-c2cccnc2)nc2ccccc12)NC1CC1. The molecule has 26 heavy (non-hydrogen) atoms. The van der Waals surface area contributed by atoms with Gasteiger partial charge in [-0.25, -0.2) is 9.78 Å². The molecule has 6 heteroatoms. The van der Waals surface area contributed by atoms with Crippen LogP contribution in [0.5, 0.6) is 0 Å². The van der Waals surface area contributed by atoms with Crippen LogP contribution in [0.15, 0.2) is 54.9 Å². The fourth-order valence-corrected chi connectivity index (χ4v) is 2.71. The first-order valence-electron chi connectivity index (χ1n) is 8.47. The number of nitrogens with one attached hydrogen (secondary N) is 1. The minimum Gasteiger partial charge on any atom is -0.452 e. The smallest absolute Gasteiger partial charge is 0.339 e. The molecule has 1 N–H and O–H groups in total. The summed E-state index contributed by atoms with van der Waals surface area (Å²) >= 11 is 0. The Bertz CT molecular complexity index is 968. The molecule has 2 aromatic heterocycles. The number of ether oxygens (including phenoxy) is 1. The van der Waals surface area contributed by atoms with Crippen LogP contribution < -0.4 is 5.32 Å². The summed E-state index contributed by atoms with van der Waals surface area (Å²) in [5.74, 6) is -0.814. The van der Waals surface area contributed by atoms with E-state index in [9.17, 15) is 9.59 Å². The zero-order valence-corrected chi connectivity index (χ0v) is 14.0. The molecule has 0 bridgehead atoms. The highest BCUT2D eigenvalue weighted by Gasteiger charge is 2.24. The van der Waals surface area contributed by atoms with E-state index in [4.69, 9.17) is 4.74 Å². The second-order valence-corrected chi connectivity index (χ2v) is 6.23. The molecule has 6 nitrogen and oxygen atoms in total. The minimum atomic E-state index is -0.542. The summed E-state index contributed by atoms with van der Waals surface area (Å²) in [6.07, 6.45) is 5.35. The number of hydrogen-bond donors (Lipinski definition) is 1. The van der Waals surface area contributed by atoms with Gasteiger partial charge in [-0.1, -0.05) is 18.2 Å². The van der Waals surface area contributed by atoms with Gasteiger partial charge in [-0.2, -0.15) is 0 Å². The Balaban J connectivity index is 1.63. The average Bonchev–Trinajstić information content (AvgIpc) is 3.50. The molecule has 1 aliphatic rings. The van der Waals surface area contributed by atoms with E-state index in [2.05, 4.69) is 15.3 Å². The third-order valence-electron chi connectivity index (χ3n) is 4.17. The molecule has 1 fully saturated rings. The number of rotatable bonds is 5. The van der Waals surface area contributed by atoms with Crippen LogP contribution in [0.1, 0.15) is 23.2 Å². The second-order valence-electron chi connectivity index (χ2n) is 6.23. The number of pyridine rings is 2. The first-order chi connectivity index (χ1) is 12.7. The summed E-state index contributed by atoms with van der Waals surface area (Å²) in [5, 5.41) is 3.49. The summed E-state index contributed by atoms with van der Waals surface area (Å²) in [6.45, 7) is -0.284. The molecule has 0 spiro atoms. The van der Waals surface area contributed by atoms with E-state index in [0.717, 1.165) is 18.4 Å². The van der Waals surface area contributed by atoms with Gasteiger partial charge < -0.3 is 10.1 Å². The normalized spacial score (nSPS) is 13.4. The van der Waals surface area contributed by atoms with E-state index < -0.39 is 5.97 Å². The molecule has 0 saturated heterocycles. The van der Waals surface area contributed by atoms with Gasteiger partial charge in [-0.15, -0.1) is 0 Å². The van der Waals surface area contributed by atoms with Gasteiger partial charge in [0.05, 0.1) is 16.8 Å². The molecule has 1 aliphatic carbocycles. The van der Waals surface area contributed by atoms with E-state index in [-0.39, 0.29) is 18.6 Å². The molecule has 0 unspecified atom stereocenters. The lowest BCUT2D eigenvalue weighted by molar-refractivity contribution is -0.124. The van der Waals surface area contributed by atoms with Crippen molar-refractivity contribution in [1.29, 1.82) is 0 Å². The molecule has 0 aliphatic heterocycles. The fraction of sp³-hybridized carbons (Fsp3) is 0.200. The van der Waals surface area contributed by atoms with Gasteiger partial charge in [0, 0.05) is 29.4 Å². The number of fused-ring (bicyclic) bond motifs is 1. The van der Waals surface area contributed by atoms with Crippen LogP contribution >= 0.6 is 0 Å². The van der Waals surface area contributed by atoms with Crippen molar-refractivity contribution in [2.45, 2.75) is 18.9 Å². The zero-order valence-electron chi connectivity index (χ0n) is 14.0. The largest absolute Gasteiger partial charge is 0.452 e. The third kappa shape index (κ3) is 3.54. The van der Waals surface area contributed by atoms with Crippen molar-refractivity contribution in [1.82, 2.24) is 15.3 Å². The third-order valence-corrected chi connectivity index (χ3v) is 4.17. The Hall–Kier alpha value is -3.28. The van der Waals surface area contributed by atoms with Crippen molar-refractivity contribution in [2.24, 2.45) is 0 Å². The topological polar surface area (TPSA) is 81.2 Å². The number of benzene rings is 1. The first-order valence-corrected chi connectivity index (χ1v) is 8.47. The molecule has 3 aromatic rings. The van der Waals surface area contributed by atoms with Crippen LogP contribution in [-0.4, -0.2) is 34.5 Å². The molecule has 2 heterocycles. The molecule has 1 amide bonds.